The van der Waals surface area contributed by atoms with Crippen LogP contribution in [0.5, 0.6) is 0 Å². The van der Waals surface area contributed by atoms with E-state index in [0.717, 1.165) is 0 Å². The summed E-state index contributed by atoms with van der Waals surface area (Å²) in [6.07, 6.45) is 0.300. The maximum atomic E-state index is 11.1. The fourth-order valence-electron chi connectivity index (χ4n) is 0.765. The second kappa shape index (κ2) is 9.13. The van der Waals surface area contributed by atoms with Gasteiger partial charge >= 0.3 is 11.9 Å². The van der Waals surface area contributed by atoms with Crippen LogP contribution in [0.25, 0.3) is 0 Å². The second-order valence-corrected chi connectivity index (χ2v) is 2.82. The maximum Gasteiger partial charge on any atom is 0.325 e. The molecular weight excluding hydrogens is 232 g/mol. The summed E-state index contributed by atoms with van der Waals surface area (Å²) in [4.78, 5) is 42.4. The molecule has 96 valence electrons. The minimum absolute atomic E-state index is 0.0657. The van der Waals surface area contributed by atoms with Crippen LogP contribution in [0.1, 0.15) is 6.42 Å². The number of hydrogen-bond acceptors (Lipinski definition) is 6. The van der Waals surface area contributed by atoms with Crippen molar-refractivity contribution in [1.29, 1.82) is 0 Å². The van der Waals surface area contributed by atoms with Crippen LogP contribution >= 0.6 is 0 Å². The normalized spacial score (nSPS) is 9.00. The number of nitrogens with one attached hydrogen (secondary N) is 2. The van der Waals surface area contributed by atoms with Crippen molar-refractivity contribution in [2.45, 2.75) is 6.42 Å². The van der Waals surface area contributed by atoms with Crippen molar-refractivity contribution in [2.24, 2.45) is 0 Å². The van der Waals surface area contributed by atoms with Crippen LogP contribution in [0.4, 0.5) is 0 Å². The van der Waals surface area contributed by atoms with Crippen molar-refractivity contribution in [1.82, 2.24) is 10.6 Å². The second-order valence-electron chi connectivity index (χ2n) is 2.82. The van der Waals surface area contributed by atoms with Crippen molar-refractivity contribution in [3.05, 3.63) is 0 Å². The van der Waals surface area contributed by atoms with Crippen molar-refractivity contribution >= 4 is 24.3 Å². The Morgan fingerprint density at radius 1 is 1.18 bits per heavy atom. The Hall–Kier alpha value is -2.12. The summed E-state index contributed by atoms with van der Waals surface area (Å²) in [6.45, 7) is -0.588. The molecule has 0 saturated heterocycles. The highest BCUT2D eigenvalue weighted by Crippen LogP contribution is 1.84. The van der Waals surface area contributed by atoms with Crippen LogP contribution in [0.15, 0.2) is 0 Å². The van der Waals surface area contributed by atoms with Gasteiger partial charge in [0.1, 0.15) is 19.7 Å². The van der Waals surface area contributed by atoms with Crippen LogP contribution in [-0.4, -0.2) is 51.1 Å². The fourth-order valence-corrected chi connectivity index (χ4v) is 0.765. The fraction of sp³-hybridized carbons (Fsp3) is 0.556. The van der Waals surface area contributed by atoms with Crippen LogP contribution in [0.2, 0.25) is 0 Å². The summed E-state index contributed by atoms with van der Waals surface area (Å²) in [6, 6.07) is 0. The molecule has 0 aromatic heterocycles. The molecule has 0 aliphatic carbocycles. The molecule has 0 rings (SSSR count). The van der Waals surface area contributed by atoms with Crippen LogP contribution in [0.3, 0.4) is 0 Å². The first-order valence-corrected chi connectivity index (χ1v) is 4.76. The maximum absolute atomic E-state index is 11.1. The Balaban J connectivity index is 3.53. The first-order chi connectivity index (χ1) is 8.10. The molecule has 8 nitrogen and oxygen atoms in total. The molecule has 2 amide bonds. The van der Waals surface area contributed by atoms with Gasteiger partial charge in [0.25, 0.3) is 0 Å². The number of carbonyl (C=O) groups excluding carboxylic acids is 4. The van der Waals surface area contributed by atoms with Crippen molar-refractivity contribution in [3.8, 4) is 0 Å². The van der Waals surface area contributed by atoms with Crippen LogP contribution in [0, 0.1) is 0 Å². The van der Waals surface area contributed by atoms with Gasteiger partial charge in [-0.3, -0.25) is 19.2 Å². The van der Waals surface area contributed by atoms with Gasteiger partial charge in [-0.15, -0.1) is 0 Å². The predicted molar refractivity (Wildman–Crippen MR) is 54.7 cm³/mol. The zero-order valence-corrected chi connectivity index (χ0v) is 9.36. The highest BCUT2D eigenvalue weighted by Gasteiger charge is 2.07. The summed E-state index contributed by atoms with van der Waals surface area (Å²) in [5, 5.41) is 4.39. The summed E-state index contributed by atoms with van der Waals surface area (Å²) < 4.78 is 8.92. The number of amides is 2. The average molecular weight is 246 g/mol. The zero-order valence-electron chi connectivity index (χ0n) is 9.36. The smallest absolute Gasteiger partial charge is 0.325 e. The Morgan fingerprint density at radius 3 is 2.47 bits per heavy atom. The van der Waals surface area contributed by atoms with Gasteiger partial charge in [-0.25, -0.2) is 0 Å². The van der Waals surface area contributed by atoms with Gasteiger partial charge in [0.05, 0.1) is 13.5 Å². The molecule has 0 radical (unpaired) electrons. The molecule has 0 atom stereocenters. The molecule has 0 aliphatic heterocycles. The van der Waals surface area contributed by atoms with Crippen molar-refractivity contribution in [3.63, 3.8) is 0 Å². The molecule has 8 heteroatoms. The first kappa shape index (κ1) is 14.9. The highest BCUT2D eigenvalue weighted by atomic mass is 16.5. The van der Waals surface area contributed by atoms with Gasteiger partial charge in [0.15, 0.2) is 0 Å². The van der Waals surface area contributed by atoms with E-state index in [9.17, 15) is 19.2 Å². The molecule has 0 heterocycles. The molecule has 17 heavy (non-hydrogen) atoms. The molecule has 0 aromatic rings. The lowest BCUT2D eigenvalue weighted by molar-refractivity contribution is -0.145. The van der Waals surface area contributed by atoms with Gasteiger partial charge in [-0.05, 0) is 0 Å². The third-order valence-corrected chi connectivity index (χ3v) is 1.58. The number of esters is 2. The van der Waals surface area contributed by atoms with Crippen molar-refractivity contribution in [2.75, 3.05) is 26.8 Å². The third-order valence-electron chi connectivity index (χ3n) is 1.58. The van der Waals surface area contributed by atoms with E-state index in [2.05, 4.69) is 20.1 Å². The standard InChI is InChI=1S/C9H14N2O6/c1-16-8(14)5-11-7(13)2-3-17-9(15)4-10-6-12/h6H,2-5H2,1H3,(H,10,12)(H,11,13). The molecule has 0 spiro atoms. The predicted octanol–water partition coefficient (Wildman–Crippen LogP) is -2.05. The van der Waals surface area contributed by atoms with E-state index in [1.807, 2.05) is 0 Å². The average Bonchev–Trinajstić information content (AvgIpc) is 2.33. The summed E-state index contributed by atoms with van der Waals surface area (Å²) in [5.74, 6) is -1.64. The van der Waals surface area contributed by atoms with Gasteiger partial charge in [0.2, 0.25) is 12.3 Å². The van der Waals surface area contributed by atoms with Gasteiger partial charge in [-0.1, -0.05) is 0 Å². The van der Waals surface area contributed by atoms with Crippen LogP contribution in [-0.2, 0) is 28.7 Å². The SMILES string of the molecule is COC(=O)CNC(=O)CCOC(=O)CNC=O. The quantitative estimate of drug-likeness (QED) is 0.377. The monoisotopic (exact) mass is 246 g/mol. The van der Waals surface area contributed by atoms with E-state index in [1.54, 1.807) is 0 Å². The summed E-state index contributed by atoms with van der Waals surface area (Å²) >= 11 is 0. The molecule has 0 aromatic carbocycles. The third kappa shape index (κ3) is 8.85. The lowest BCUT2D eigenvalue weighted by atomic mass is 10.4. The molecule has 2 N–H and O–H groups in total. The molecule has 0 aliphatic rings. The summed E-state index contributed by atoms with van der Waals surface area (Å²) in [5.41, 5.74) is 0. The zero-order chi connectivity index (χ0) is 13.1. The molecule has 0 saturated carbocycles. The van der Waals surface area contributed by atoms with E-state index in [1.165, 1.54) is 7.11 Å². The van der Waals surface area contributed by atoms with Gasteiger partial charge < -0.3 is 20.1 Å². The molecular formula is C9H14N2O6. The highest BCUT2D eigenvalue weighted by molar-refractivity contribution is 5.82. The Bertz CT molecular complexity index is 291. The van der Waals surface area contributed by atoms with E-state index in [-0.39, 0.29) is 26.1 Å². The van der Waals surface area contributed by atoms with E-state index in [4.69, 9.17) is 0 Å². The number of rotatable bonds is 8. The lowest BCUT2D eigenvalue weighted by Gasteiger charge is -2.05. The largest absolute Gasteiger partial charge is 0.468 e. The molecule has 0 unspecified atom stereocenters. The molecule has 0 bridgehead atoms. The van der Waals surface area contributed by atoms with Gasteiger partial charge in [0, 0.05) is 0 Å². The van der Waals surface area contributed by atoms with E-state index < -0.39 is 17.8 Å². The first-order valence-electron chi connectivity index (χ1n) is 4.76. The van der Waals surface area contributed by atoms with E-state index in [0.29, 0.717) is 6.41 Å². The number of ether oxygens (including phenoxy) is 2. The topological polar surface area (TPSA) is 111 Å². The Labute approximate surface area is 97.6 Å². The minimum atomic E-state index is -0.641. The van der Waals surface area contributed by atoms with Crippen LogP contribution < -0.4 is 10.6 Å². The number of hydrogen-bond donors (Lipinski definition) is 2. The Morgan fingerprint density at radius 2 is 1.88 bits per heavy atom. The van der Waals surface area contributed by atoms with Gasteiger partial charge in [-0.2, -0.15) is 0 Å². The minimum Gasteiger partial charge on any atom is -0.468 e. The van der Waals surface area contributed by atoms with Crippen molar-refractivity contribution < 1.29 is 28.7 Å². The summed E-state index contributed by atoms with van der Waals surface area (Å²) in [7, 11) is 1.20. The molecule has 0 fully saturated rings. The number of carbonyl (C=O) groups is 4. The Kier molecular flexibility index (Phi) is 7.99. The van der Waals surface area contributed by atoms with E-state index >= 15 is 0 Å². The number of methoxy groups -OCH3 is 1. The lowest BCUT2D eigenvalue weighted by Crippen LogP contribution is -2.31.